The topological polar surface area (TPSA) is 78.0 Å². The average molecular weight is 328 g/mol. The number of halogens is 1. The highest BCUT2D eigenvalue weighted by Crippen LogP contribution is 2.26. The number of hydrogen-bond donors (Lipinski definition) is 0. The average Bonchev–Trinajstić information content (AvgIpc) is 3.01. The van der Waals surface area contributed by atoms with Gasteiger partial charge in [-0.1, -0.05) is 25.4 Å². The van der Waals surface area contributed by atoms with Crippen LogP contribution in [-0.4, -0.2) is 20.5 Å². The number of thiophene rings is 1. The van der Waals surface area contributed by atoms with Gasteiger partial charge in [-0.2, -0.15) is 5.10 Å². The minimum atomic E-state index is -0.423. The van der Waals surface area contributed by atoms with Crippen molar-refractivity contribution in [3.05, 3.63) is 42.8 Å². The third kappa shape index (κ3) is 3.14. The number of Topliss-reactive ketones (excluding diaryl/α,β-unsaturated/α-hetero) is 1. The summed E-state index contributed by atoms with van der Waals surface area (Å²) in [7, 11) is 0. The van der Waals surface area contributed by atoms with E-state index in [1.54, 1.807) is 19.1 Å². The zero-order chi connectivity index (χ0) is 15.6. The molecule has 0 atom stereocenters. The van der Waals surface area contributed by atoms with E-state index in [-0.39, 0.29) is 18.0 Å². The molecule has 0 bridgehead atoms. The molecule has 0 aliphatic heterocycles. The molecule has 2 aromatic heterocycles. The van der Waals surface area contributed by atoms with E-state index in [0.29, 0.717) is 33.4 Å². The largest absolute Gasteiger partial charge is 0.313 e. The van der Waals surface area contributed by atoms with Crippen LogP contribution in [0.5, 0.6) is 0 Å². The summed E-state index contributed by atoms with van der Waals surface area (Å²) >= 11 is 7.01. The van der Waals surface area contributed by atoms with Crippen molar-refractivity contribution in [2.45, 2.75) is 33.2 Å². The summed E-state index contributed by atoms with van der Waals surface area (Å²) in [5.41, 5.74) is 0.915. The minimum Gasteiger partial charge on any atom is -0.291 e. The SMILES string of the molecule is CCc1nn(CC(=O)c2ccc(Cl)s2)c(CC)c1[N+](=O)[O-]. The molecule has 0 radical (unpaired) electrons. The fourth-order valence-electron chi connectivity index (χ4n) is 2.15. The lowest BCUT2D eigenvalue weighted by atomic mass is 10.2. The second-order valence-corrected chi connectivity index (χ2v) is 6.11. The Morgan fingerprint density at radius 3 is 2.62 bits per heavy atom. The van der Waals surface area contributed by atoms with Crippen molar-refractivity contribution in [3.63, 3.8) is 0 Å². The number of nitrogens with zero attached hydrogens (tertiary/aromatic N) is 3. The number of ketones is 1. The van der Waals surface area contributed by atoms with E-state index in [2.05, 4.69) is 5.10 Å². The molecule has 6 nitrogen and oxygen atoms in total. The van der Waals surface area contributed by atoms with Crippen LogP contribution in [0, 0.1) is 10.1 Å². The quantitative estimate of drug-likeness (QED) is 0.462. The lowest BCUT2D eigenvalue weighted by Gasteiger charge is -2.03. The summed E-state index contributed by atoms with van der Waals surface area (Å²) in [6.07, 6.45) is 0.900. The molecule has 0 unspecified atom stereocenters. The Morgan fingerprint density at radius 2 is 2.14 bits per heavy atom. The predicted octanol–water partition coefficient (Wildman–Crippen LogP) is 3.51. The van der Waals surface area contributed by atoms with Crippen LogP contribution in [-0.2, 0) is 19.4 Å². The number of aromatic nitrogens is 2. The summed E-state index contributed by atoms with van der Waals surface area (Å²) < 4.78 is 1.97. The van der Waals surface area contributed by atoms with Gasteiger partial charge in [-0.25, -0.2) is 0 Å². The number of aryl methyl sites for hydroxylation is 1. The third-order valence-electron chi connectivity index (χ3n) is 3.09. The van der Waals surface area contributed by atoms with Gasteiger partial charge in [-0.3, -0.25) is 19.6 Å². The summed E-state index contributed by atoms with van der Waals surface area (Å²) in [5, 5.41) is 15.4. The van der Waals surface area contributed by atoms with Crippen LogP contribution in [0.4, 0.5) is 5.69 Å². The van der Waals surface area contributed by atoms with Gasteiger partial charge < -0.3 is 0 Å². The highest BCUT2D eigenvalue weighted by atomic mass is 35.5. The van der Waals surface area contributed by atoms with E-state index in [9.17, 15) is 14.9 Å². The fourth-order valence-corrected chi connectivity index (χ4v) is 3.12. The van der Waals surface area contributed by atoms with Gasteiger partial charge in [-0.15, -0.1) is 11.3 Å². The summed E-state index contributed by atoms with van der Waals surface area (Å²) in [4.78, 5) is 23.5. The van der Waals surface area contributed by atoms with Gasteiger partial charge in [0, 0.05) is 0 Å². The molecule has 0 fully saturated rings. The second-order valence-electron chi connectivity index (χ2n) is 4.39. The Balaban J connectivity index is 2.36. The summed E-state index contributed by atoms with van der Waals surface area (Å²) in [6.45, 7) is 3.60. The zero-order valence-electron chi connectivity index (χ0n) is 11.6. The van der Waals surface area contributed by atoms with E-state index in [1.165, 1.54) is 16.0 Å². The van der Waals surface area contributed by atoms with Crippen LogP contribution in [0.2, 0.25) is 4.34 Å². The highest BCUT2D eigenvalue weighted by molar-refractivity contribution is 7.18. The van der Waals surface area contributed by atoms with Crippen molar-refractivity contribution in [3.8, 4) is 0 Å². The number of carbonyl (C=O) groups excluding carboxylic acids is 1. The first-order valence-electron chi connectivity index (χ1n) is 6.49. The van der Waals surface area contributed by atoms with Crippen LogP contribution in [0.25, 0.3) is 0 Å². The molecular formula is C13H14ClN3O3S. The maximum atomic E-state index is 12.2. The maximum Gasteiger partial charge on any atom is 0.313 e. The van der Waals surface area contributed by atoms with E-state index in [0.717, 1.165) is 0 Å². The Hall–Kier alpha value is -1.73. The molecule has 0 N–H and O–H groups in total. The molecule has 2 aromatic rings. The molecular weight excluding hydrogens is 314 g/mol. The van der Waals surface area contributed by atoms with Crippen LogP contribution in [0.3, 0.4) is 0 Å². The molecule has 2 rings (SSSR count). The first-order chi connectivity index (χ1) is 9.97. The molecule has 0 aliphatic rings. The van der Waals surface area contributed by atoms with Crippen molar-refractivity contribution in [1.29, 1.82) is 0 Å². The fraction of sp³-hybridized carbons (Fsp3) is 0.385. The molecule has 112 valence electrons. The molecule has 0 saturated carbocycles. The van der Waals surface area contributed by atoms with E-state index in [4.69, 9.17) is 11.6 Å². The second kappa shape index (κ2) is 6.36. The number of rotatable bonds is 6. The monoisotopic (exact) mass is 327 g/mol. The van der Waals surface area contributed by atoms with E-state index >= 15 is 0 Å². The molecule has 0 amide bonds. The van der Waals surface area contributed by atoms with Gasteiger partial charge in [0.2, 0.25) is 0 Å². The summed E-state index contributed by atoms with van der Waals surface area (Å²) in [6, 6.07) is 3.31. The van der Waals surface area contributed by atoms with Gasteiger partial charge in [0.1, 0.15) is 17.9 Å². The lowest BCUT2D eigenvalue weighted by molar-refractivity contribution is -0.386. The van der Waals surface area contributed by atoms with Crippen molar-refractivity contribution in [1.82, 2.24) is 9.78 Å². The van der Waals surface area contributed by atoms with Gasteiger partial charge in [0.25, 0.3) is 0 Å². The Morgan fingerprint density at radius 1 is 1.43 bits per heavy atom. The van der Waals surface area contributed by atoms with Crippen LogP contribution >= 0.6 is 22.9 Å². The van der Waals surface area contributed by atoms with Crippen molar-refractivity contribution in [2.24, 2.45) is 0 Å². The smallest absolute Gasteiger partial charge is 0.291 e. The first-order valence-corrected chi connectivity index (χ1v) is 7.68. The lowest BCUT2D eigenvalue weighted by Crippen LogP contribution is -2.13. The molecule has 21 heavy (non-hydrogen) atoms. The van der Waals surface area contributed by atoms with Crippen LogP contribution in [0.15, 0.2) is 12.1 Å². The molecule has 0 saturated heterocycles. The Bertz CT molecular complexity index is 693. The predicted molar refractivity (Wildman–Crippen MR) is 81.3 cm³/mol. The van der Waals surface area contributed by atoms with Gasteiger partial charge >= 0.3 is 5.69 Å². The van der Waals surface area contributed by atoms with Gasteiger partial charge in [-0.05, 0) is 25.0 Å². The van der Waals surface area contributed by atoms with Gasteiger partial charge in [0.05, 0.1) is 14.1 Å². The summed E-state index contributed by atoms with van der Waals surface area (Å²) in [5.74, 6) is -0.151. The molecule has 0 spiro atoms. The Kier molecular flexibility index (Phi) is 4.74. The minimum absolute atomic E-state index is 0.0130. The molecule has 2 heterocycles. The zero-order valence-corrected chi connectivity index (χ0v) is 13.2. The standard InChI is InChI=1S/C13H14ClN3O3S/c1-3-8-13(17(19)20)9(4-2)16(15-8)7-10(18)11-5-6-12(14)21-11/h5-6H,3-4,7H2,1-2H3. The molecule has 0 aliphatic carbocycles. The normalized spacial score (nSPS) is 10.8. The Labute approximate surface area is 130 Å². The van der Waals surface area contributed by atoms with Crippen molar-refractivity contribution < 1.29 is 9.72 Å². The number of hydrogen-bond acceptors (Lipinski definition) is 5. The maximum absolute atomic E-state index is 12.2. The molecule has 0 aromatic carbocycles. The number of nitro groups is 1. The van der Waals surface area contributed by atoms with Crippen molar-refractivity contribution >= 4 is 34.4 Å². The molecule has 8 heteroatoms. The highest BCUT2D eigenvalue weighted by Gasteiger charge is 2.26. The third-order valence-corrected chi connectivity index (χ3v) is 4.37. The van der Waals surface area contributed by atoms with E-state index < -0.39 is 4.92 Å². The van der Waals surface area contributed by atoms with Crippen molar-refractivity contribution in [2.75, 3.05) is 0 Å². The van der Waals surface area contributed by atoms with Crippen LogP contribution < -0.4 is 0 Å². The first kappa shape index (κ1) is 15.7. The van der Waals surface area contributed by atoms with Gasteiger partial charge in [0.15, 0.2) is 5.78 Å². The number of carbonyl (C=O) groups is 1. The van der Waals surface area contributed by atoms with Crippen LogP contribution in [0.1, 0.15) is 34.9 Å². The van der Waals surface area contributed by atoms with E-state index in [1.807, 2.05) is 6.92 Å².